The molecule has 29 heavy (non-hydrogen) atoms. The summed E-state index contributed by atoms with van der Waals surface area (Å²) in [6, 6.07) is 9.07. The molecule has 0 bridgehead atoms. The number of benzene rings is 1. The van der Waals surface area contributed by atoms with Gasteiger partial charge < -0.3 is 10.3 Å². The normalized spacial score (nSPS) is 11.3. The molecule has 0 saturated heterocycles. The standard InChI is InChI=1S/C23H26N4O2/c1-6-19-24-12-14(2)20(27-19)16-11-18(22(29)25-13-16)26-21(28)15-7-9-17(10-8-15)23(3,4)5/h7-13H,6H2,1-5H3,(H,25,29)(H,26,28). The van der Waals surface area contributed by atoms with Crippen LogP contribution >= 0.6 is 0 Å². The molecule has 0 aliphatic carbocycles. The number of rotatable bonds is 4. The van der Waals surface area contributed by atoms with E-state index in [4.69, 9.17) is 0 Å². The van der Waals surface area contributed by atoms with Gasteiger partial charge >= 0.3 is 0 Å². The zero-order valence-corrected chi connectivity index (χ0v) is 17.5. The average molecular weight is 390 g/mol. The summed E-state index contributed by atoms with van der Waals surface area (Å²) in [5.74, 6) is 0.392. The summed E-state index contributed by atoms with van der Waals surface area (Å²) < 4.78 is 0. The Balaban J connectivity index is 1.89. The van der Waals surface area contributed by atoms with Crippen molar-refractivity contribution in [1.29, 1.82) is 0 Å². The average Bonchev–Trinajstić information content (AvgIpc) is 2.69. The van der Waals surface area contributed by atoms with Crippen molar-refractivity contribution in [3.63, 3.8) is 0 Å². The van der Waals surface area contributed by atoms with E-state index in [1.165, 1.54) is 0 Å². The number of hydrogen-bond donors (Lipinski definition) is 2. The number of amides is 1. The largest absolute Gasteiger partial charge is 0.327 e. The number of aryl methyl sites for hydroxylation is 2. The molecule has 0 unspecified atom stereocenters. The zero-order valence-electron chi connectivity index (χ0n) is 17.5. The lowest BCUT2D eigenvalue weighted by Crippen LogP contribution is -2.20. The van der Waals surface area contributed by atoms with E-state index in [9.17, 15) is 9.59 Å². The molecule has 2 N–H and O–H groups in total. The molecular weight excluding hydrogens is 364 g/mol. The van der Waals surface area contributed by atoms with E-state index in [-0.39, 0.29) is 22.6 Å². The van der Waals surface area contributed by atoms with Crippen molar-refractivity contribution in [1.82, 2.24) is 15.0 Å². The quantitative estimate of drug-likeness (QED) is 0.697. The van der Waals surface area contributed by atoms with E-state index < -0.39 is 0 Å². The van der Waals surface area contributed by atoms with Crippen molar-refractivity contribution in [3.8, 4) is 11.3 Å². The number of aromatic nitrogens is 3. The molecule has 0 radical (unpaired) electrons. The fourth-order valence-electron chi connectivity index (χ4n) is 2.97. The Morgan fingerprint density at radius 1 is 1.17 bits per heavy atom. The smallest absolute Gasteiger partial charge is 0.271 e. The van der Waals surface area contributed by atoms with E-state index in [1.54, 1.807) is 30.6 Å². The number of pyridine rings is 1. The van der Waals surface area contributed by atoms with Crippen LogP contribution in [0.2, 0.25) is 0 Å². The van der Waals surface area contributed by atoms with Crippen LogP contribution in [0.25, 0.3) is 11.3 Å². The first-order chi connectivity index (χ1) is 13.7. The second-order valence-corrected chi connectivity index (χ2v) is 8.08. The van der Waals surface area contributed by atoms with E-state index >= 15 is 0 Å². The van der Waals surface area contributed by atoms with Crippen LogP contribution in [0.15, 0.2) is 47.5 Å². The van der Waals surface area contributed by atoms with Gasteiger partial charge in [0.1, 0.15) is 11.5 Å². The van der Waals surface area contributed by atoms with Crippen molar-refractivity contribution >= 4 is 11.6 Å². The zero-order chi connectivity index (χ0) is 21.2. The Bertz CT molecular complexity index is 1090. The second-order valence-electron chi connectivity index (χ2n) is 8.08. The van der Waals surface area contributed by atoms with Gasteiger partial charge in [0.2, 0.25) is 0 Å². The molecular formula is C23H26N4O2. The van der Waals surface area contributed by atoms with Crippen LogP contribution < -0.4 is 10.9 Å². The van der Waals surface area contributed by atoms with Gasteiger partial charge in [-0.15, -0.1) is 0 Å². The maximum absolute atomic E-state index is 12.7. The number of hydrogen-bond acceptors (Lipinski definition) is 4. The third kappa shape index (κ3) is 4.59. The Morgan fingerprint density at radius 2 is 1.86 bits per heavy atom. The van der Waals surface area contributed by atoms with Gasteiger partial charge in [-0.2, -0.15) is 0 Å². The Hall–Kier alpha value is -3.28. The van der Waals surface area contributed by atoms with Crippen LogP contribution in [0.4, 0.5) is 5.69 Å². The minimum Gasteiger partial charge on any atom is -0.327 e. The van der Waals surface area contributed by atoms with Gasteiger partial charge in [0.15, 0.2) is 0 Å². The number of nitrogens with one attached hydrogen (secondary N) is 2. The van der Waals surface area contributed by atoms with Crippen molar-refractivity contribution < 1.29 is 4.79 Å². The minimum atomic E-state index is -0.365. The first-order valence-corrected chi connectivity index (χ1v) is 9.66. The molecule has 3 rings (SSSR count). The molecule has 1 aromatic carbocycles. The molecule has 0 aliphatic rings. The second kappa shape index (κ2) is 7.99. The molecule has 0 aliphatic heterocycles. The summed E-state index contributed by atoms with van der Waals surface area (Å²) in [7, 11) is 0. The molecule has 6 heteroatoms. The number of anilines is 1. The van der Waals surface area contributed by atoms with Gasteiger partial charge in [-0.25, -0.2) is 9.97 Å². The molecule has 0 spiro atoms. The van der Waals surface area contributed by atoms with Gasteiger partial charge in [0.25, 0.3) is 11.5 Å². The molecule has 3 aromatic rings. The molecule has 2 aromatic heterocycles. The molecule has 0 saturated carbocycles. The van der Waals surface area contributed by atoms with E-state index in [1.807, 2.05) is 26.0 Å². The summed E-state index contributed by atoms with van der Waals surface area (Å²) >= 11 is 0. The van der Waals surface area contributed by atoms with Crippen LogP contribution in [0.5, 0.6) is 0 Å². The third-order valence-electron chi connectivity index (χ3n) is 4.78. The number of nitrogens with zero attached hydrogens (tertiary/aromatic N) is 2. The maximum Gasteiger partial charge on any atom is 0.271 e. The SMILES string of the molecule is CCc1ncc(C)c(-c2c[nH]c(=O)c(NC(=O)c3ccc(C(C)(C)C)cc3)c2)n1. The van der Waals surface area contributed by atoms with Crippen molar-refractivity contribution in [2.24, 2.45) is 0 Å². The lowest BCUT2D eigenvalue weighted by Gasteiger charge is -2.19. The highest BCUT2D eigenvalue weighted by molar-refractivity contribution is 6.04. The maximum atomic E-state index is 12.7. The molecule has 2 heterocycles. The van der Waals surface area contributed by atoms with Crippen molar-refractivity contribution in [3.05, 3.63) is 75.6 Å². The number of carbonyl (C=O) groups is 1. The molecule has 150 valence electrons. The Labute approximate surface area is 170 Å². The van der Waals surface area contributed by atoms with Crippen LogP contribution in [0.1, 0.15) is 55.0 Å². The first kappa shape index (κ1) is 20.5. The summed E-state index contributed by atoms with van der Waals surface area (Å²) in [5, 5.41) is 2.72. The molecule has 6 nitrogen and oxygen atoms in total. The van der Waals surface area contributed by atoms with E-state index in [0.717, 1.165) is 28.2 Å². The number of aromatic amines is 1. The van der Waals surface area contributed by atoms with Gasteiger partial charge in [-0.1, -0.05) is 39.8 Å². The molecule has 0 atom stereocenters. The van der Waals surface area contributed by atoms with Gasteiger partial charge in [-0.3, -0.25) is 9.59 Å². The topological polar surface area (TPSA) is 87.7 Å². The van der Waals surface area contributed by atoms with Gasteiger partial charge in [-0.05, 0) is 41.7 Å². The predicted molar refractivity (Wildman–Crippen MR) is 115 cm³/mol. The summed E-state index contributed by atoms with van der Waals surface area (Å²) in [6.45, 7) is 10.2. The summed E-state index contributed by atoms with van der Waals surface area (Å²) in [4.78, 5) is 36.4. The van der Waals surface area contributed by atoms with Gasteiger partial charge in [0, 0.05) is 29.9 Å². The number of H-pyrrole nitrogens is 1. The van der Waals surface area contributed by atoms with Crippen LogP contribution in [-0.2, 0) is 11.8 Å². The minimum absolute atomic E-state index is 0.00717. The van der Waals surface area contributed by atoms with Crippen LogP contribution in [-0.4, -0.2) is 20.9 Å². The van der Waals surface area contributed by atoms with E-state index in [0.29, 0.717) is 12.0 Å². The fourth-order valence-corrected chi connectivity index (χ4v) is 2.97. The first-order valence-electron chi connectivity index (χ1n) is 9.66. The summed E-state index contributed by atoms with van der Waals surface area (Å²) in [5.41, 5.74) is 3.81. The third-order valence-corrected chi connectivity index (χ3v) is 4.78. The fraction of sp³-hybridized carbons (Fsp3) is 0.304. The molecule has 0 fully saturated rings. The highest BCUT2D eigenvalue weighted by atomic mass is 16.2. The lowest BCUT2D eigenvalue weighted by atomic mass is 9.87. The Kier molecular flexibility index (Phi) is 5.64. The monoisotopic (exact) mass is 390 g/mol. The molecule has 1 amide bonds. The number of carbonyl (C=O) groups excluding carboxylic acids is 1. The summed E-state index contributed by atoms with van der Waals surface area (Å²) in [6.07, 6.45) is 4.08. The van der Waals surface area contributed by atoms with Crippen molar-refractivity contribution in [2.45, 2.75) is 46.5 Å². The van der Waals surface area contributed by atoms with Crippen LogP contribution in [0.3, 0.4) is 0 Å². The highest BCUT2D eigenvalue weighted by Gasteiger charge is 2.16. The Morgan fingerprint density at radius 3 is 2.48 bits per heavy atom. The lowest BCUT2D eigenvalue weighted by molar-refractivity contribution is 0.102. The van der Waals surface area contributed by atoms with Crippen molar-refractivity contribution in [2.75, 3.05) is 5.32 Å². The van der Waals surface area contributed by atoms with Gasteiger partial charge in [0.05, 0.1) is 5.69 Å². The highest BCUT2D eigenvalue weighted by Crippen LogP contribution is 2.23. The van der Waals surface area contributed by atoms with E-state index in [2.05, 4.69) is 41.0 Å². The van der Waals surface area contributed by atoms with Crippen LogP contribution in [0, 0.1) is 6.92 Å². The predicted octanol–water partition coefficient (Wildman–Crippen LogP) is 4.25.